The van der Waals surface area contributed by atoms with Gasteiger partial charge in [0.05, 0.1) is 10.6 Å². The van der Waals surface area contributed by atoms with Crippen molar-refractivity contribution in [1.29, 1.82) is 0 Å². The predicted octanol–water partition coefficient (Wildman–Crippen LogP) is 2.68. The van der Waals surface area contributed by atoms with Crippen molar-refractivity contribution in [1.82, 2.24) is 4.90 Å². The molecular formula is C14H17BrN2O2S. The van der Waals surface area contributed by atoms with Crippen LogP contribution in [0.1, 0.15) is 30.1 Å². The van der Waals surface area contributed by atoms with Crippen LogP contribution < -0.4 is 5.73 Å². The SMILES string of the molecule is CC1(C(N)=S)CCN(C(=O)c2cc(Br)ccc2O)CC1. The normalized spacial score (nSPS) is 17.8. The van der Waals surface area contributed by atoms with Crippen LogP contribution in [0.2, 0.25) is 0 Å². The summed E-state index contributed by atoms with van der Waals surface area (Å²) < 4.78 is 0.767. The lowest BCUT2D eigenvalue weighted by atomic mass is 9.80. The van der Waals surface area contributed by atoms with Crippen LogP contribution in [0.25, 0.3) is 0 Å². The van der Waals surface area contributed by atoms with Crippen molar-refractivity contribution in [2.45, 2.75) is 19.8 Å². The third-order valence-electron chi connectivity index (χ3n) is 3.94. The Morgan fingerprint density at radius 3 is 2.60 bits per heavy atom. The Balaban J connectivity index is 2.13. The fourth-order valence-corrected chi connectivity index (χ4v) is 2.86. The number of halogens is 1. The number of hydrogen-bond donors (Lipinski definition) is 2. The van der Waals surface area contributed by atoms with E-state index in [2.05, 4.69) is 15.9 Å². The third kappa shape index (κ3) is 2.96. The van der Waals surface area contributed by atoms with Gasteiger partial charge in [-0.15, -0.1) is 0 Å². The highest BCUT2D eigenvalue weighted by Crippen LogP contribution is 2.32. The fraction of sp³-hybridized carbons (Fsp3) is 0.429. The molecule has 0 unspecified atom stereocenters. The minimum Gasteiger partial charge on any atom is -0.507 e. The number of nitrogens with two attached hydrogens (primary N) is 1. The second-order valence-corrected chi connectivity index (χ2v) is 6.73. The van der Waals surface area contributed by atoms with Gasteiger partial charge in [-0.05, 0) is 31.0 Å². The summed E-state index contributed by atoms with van der Waals surface area (Å²) >= 11 is 8.40. The Kier molecular flexibility index (Phi) is 4.34. The van der Waals surface area contributed by atoms with Gasteiger partial charge in [0.2, 0.25) is 0 Å². The molecule has 108 valence electrons. The van der Waals surface area contributed by atoms with Crippen molar-refractivity contribution in [3.05, 3.63) is 28.2 Å². The number of rotatable bonds is 2. The largest absolute Gasteiger partial charge is 0.507 e. The minimum absolute atomic E-state index is 0.000816. The number of piperidine rings is 1. The van der Waals surface area contributed by atoms with Crippen molar-refractivity contribution >= 4 is 39.0 Å². The monoisotopic (exact) mass is 356 g/mol. The molecule has 1 aliphatic rings. The molecule has 2 rings (SSSR count). The first-order valence-corrected chi connectivity index (χ1v) is 7.61. The Morgan fingerprint density at radius 1 is 1.45 bits per heavy atom. The van der Waals surface area contributed by atoms with Crippen molar-refractivity contribution in [2.24, 2.45) is 11.1 Å². The van der Waals surface area contributed by atoms with Gasteiger partial charge in [-0.25, -0.2) is 0 Å². The quantitative estimate of drug-likeness (QED) is 0.799. The zero-order valence-corrected chi connectivity index (χ0v) is 13.6. The van der Waals surface area contributed by atoms with Gasteiger partial charge < -0.3 is 15.7 Å². The number of thiocarbonyl (C=S) groups is 1. The molecule has 0 radical (unpaired) electrons. The molecule has 3 N–H and O–H groups in total. The maximum absolute atomic E-state index is 12.4. The van der Waals surface area contributed by atoms with Crippen molar-refractivity contribution in [2.75, 3.05) is 13.1 Å². The van der Waals surface area contributed by atoms with Crippen LogP contribution in [0, 0.1) is 5.41 Å². The Labute approximate surface area is 132 Å². The molecule has 1 aromatic carbocycles. The van der Waals surface area contributed by atoms with E-state index in [9.17, 15) is 9.90 Å². The van der Waals surface area contributed by atoms with Crippen LogP contribution in [0.4, 0.5) is 0 Å². The molecule has 6 heteroatoms. The first-order chi connectivity index (χ1) is 9.33. The topological polar surface area (TPSA) is 66.6 Å². The molecule has 1 saturated heterocycles. The van der Waals surface area contributed by atoms with E-state index in [1.807, 2.05) is 6.92 Å². The van der Waals surface area contributed by atoms with E-state index >= 15 is 0 Å². The van der Waals surface area contributed by atoms with E-state index in [0.29, 0.717) is 23.6 Å². The molecule has 0 aliphatic carbocycles. The average molecular weight is 357 g/mol. The molecule has 20 heavy (non-hydrogen) atoms. The smallest absolute Gasteiger partial charge is 0.257 e. The van der Waals surface area contributed by atoms with Gasteiger partial charge in [0.1, 0.15) is 5.75 Å². The molecule has 1 heterocycles. The number of likely N-dealkylation sites (tertiary alicyclic amines) is 1. The van der Waals surface area contributed by atoms with E-state index in [1.165, 1.54) is 6.07 Å². The third-order valence-corrected chi connectivity index (χ3v) is 4.92. The number of carbonyl (C=O) groups excluding carboxylic acids is 1. The number of amides is 1. The van der Waals surface area contributed by atoms with Gasteiger partial charge >= 0.3 is 0 Å². The lowest BCUT2D eigenvalue weighted by Crippen LogP contribution is -2.46. The van der Waals surface area contributed by atoms with Crippen molar-refractivity contribution in [3.8, 4) is 5.75 Å². The zero-order chi connectivity index (χ0) is 14.9. The highest BCUT2D eigenvalue weighted by Gasteiger charge is 2.34. The number of benzene rings is 1. The first kappa shape index (κ1) is 15.3. The number of phenols is 1. The summed E-state index contributed by atoms with van der Waals surface area (Å²) in [6, 6.07) is 4.85. The summed E-state index contributed by atoms with van der Waals surface area (Å²) in [5.74, 6) is -0.158. The number of phenolic OH excluding ortho intramolecular Hbond substituents is 1. The summed E-state index contributed by atoms with van der Waals surface area (Å²) in [5.41, 5.74) is 5.90. The highest BCUT2D eigenvalue weighted by atomic mass is 79.9. The Morgan fingerprint density at radius 2 is 2.05 bits per heavy atom. The molecule has 0 atom stereocenters. The van der Waals surface area contributed by atoms with E-state index in [1.54, 1.807) is 17.0 Å². The number of nitrogens with zero attached hydrogens (tertiary/aromatic N) is 1. The minimum atomic E-state index is -0.175. The first-order valence-electron chi connectivity index (χ1n) is 6.41. The Bertz CT molecular complexity index is 554. The lowest BCUT2D eigenvalue weighted by molar-refractivity contribution is 0.0667. The second-order valence-electron chi connectivity index (χ2n) is 5.38. The summed E-state index contributed by atoms with van der Waals surface area (Å²) in [6.07, 6.45) is 1.51. The molecule has 1 fully saturated rings. The average Bonchev–Trinajstić information content (AvgIpc) is 2.41. The predicted molar refractivity (Wildman–Crippen MR) is 85.8 cm³/mol. The highest BCUT2D eigenvalue weighted by molar-refractivity contribution is 9.10. The number of aromatic hydroxyl groups is 1. The van der Waals surface area contributed by atoms with Crippen LogP contribution in [0.3, 0.4) is 0 Å². The van der Waals surface area contributed by atoms with E-state index in [0.717, 1.165) is 17.3 Å². The maximum Gasteiger partial charge on any atom is 0.257 e. The molecular weight excluding hydrogens is 340 g/mol. The van der Waals surface area contributed by atoms with E-state index in [-0.39, 0.29) is 17.1 Å². The van der Waals surface area contributed by atoms with Gasteiger partial charge in [0.15, 0.2) is 0 Å². The molecule has 0 spiro atoms. The molecule has 1 aliphatic heterocycles. The molecule has 1 aromatic rings. The molecule has 0 aromatic heterocycles. The lowest BCUT2D eigenvalue weighted by Gasteiger charge is -2.38. The number of hydrogen-bond acceptors (Lipinski definition) is 3. The summed E-state index contributed by atoms with van der Waals surface area (Å²) in [4.78, 5) is 14.7. The molecule has 0 saturated carbocycles. The fourth-order valence-electron chi connectivity index (χ4n) is 2.30. The van der Waals surface area contributed by atoms with Gasteiger partial charge in [-0.3, -0.25) is 4.79 Å². The van der Waals surface area contributed by atoms with Crippen LogP contribution in [-0.2, 0) is 0 Å². The van der Waals surface area contributed by atoms with E-state index < -0.39 is 0 Å². The van der Waals surface area contributed by atoms with Gasteiger partial charge in [0.25, 0.3) is 5.91 Å². The van der Waals surface area contributed by atoms with Crippen molar-refractivity contribution < 1.29 is 9.90 Å². The zero-order valence-electron chi connectivity index (χ0n) is 11.2. The molecule has 0 bridgehead atoms. The van der Waals surface area contributed by atoms with Gasteiger partial charge in [-0.1, -0.05) is 35.1 Å². The summed E-state index contributed by atoms with van der Waals surface area (Å²) in [5, 5.41) is 9.82. The van der Waals surface area contributed by atoms with E-state index in [4.69, 9.17) is 18.0 Å². The van der Waals surface area contributed by atoms with Crippen LogP contribution >= 0.6 is 28.1 Å². The Hall–Kier alpha value is -1.14. The molecule has 1 amide bonds. The van der Waals surface area contributed by atoms with Crippen LogP contribution in [0.15, 0.2) is 22.7 Å². The van der Waals surface area contributed by atoms with Gasteiger partial charge in [-0.2, -0.15) is 0 Å². The second kappa shape index (κ2) is 5.69. The summed E-state index contributed by atoms with van der Waals surface area (Å²) in [6.45, 7) is 3.23. The van der Waals surface area contributed by atoms with Crippen molar-refractivity contribution in [3.63, 3.8) is 0 Å². The molecule has 4 nitrogen and oxygen atoms in total. The maximum atomic E-state index is 12.4. The van der Waals surface area contributed by atoms with Crippen LogP contribution in [-0.4, -0.2) is 34.0 Å². The van der Waals surface area contributed by atoms with Crippen LogP contribution in [0.5, 0.6) is 5.75 Å². The van der Waals surface area contributed by atoms with Gasteiger partial charge in [0, 0.05) is 23.0 Å². The summed E-state index contributed by atoms with van der Waals surface area (Å²) in [7, 11) is 0. The number of carbonyl (C=O) groups is 1. The standard InChI is InChI=1S/C14H17BrN2O2S/c1-14(13(16)20)4-6-17(7-5-14)12(19)10-8-9(15)2-3-11(10)18/h2-3,8,18H,4-7H2,1H3,(H2,16,20).